The summed E-state index contributed by atoms with van der Waals surface area (Å²) in [5.41, 5.74) is 1.47. The van der Waals surface area contributed by atoms with Crippen LogP contribution in [0.5, 0.6) is 0 Å². The number of unbranched alkanes of at least 4 members (excludes halogenated alkanes) is 1. The lowest BCUT2D eigenvalue weighted by molar-refractivity contribution is 0.314. The first kappa shape index (κ1) is 12.2. The summed E-state index contributed by atoms with van der Waals surface area (Å²) >= 11 is 0. The van der Waals surface area contributed by atoms with Crippen LogP contribution in [0.4, 0.5) is 0 Å². The minimum Gasteiger partial charge on any atom is -0.302 e. The zero-order valence-electron chi connectivity index (χ0n) is 10.9. The van der Waals surface area contributed by atoms with E-state index in [1.54, 1.807) is 0 Å². The van der Waals surface area contributed by atoms with Crippen molar-refractivity contribution in [3.05, 3.63) is 12.2 Å². The molecule has 1 aliphatic carbocycles. The average Bonchev–Trinajstić information content (AvgIpc) is 2.83. The summed E-state index contributed by atoms with van der Waals surface area (Å²) in [6.45, 7) is 10.5. The van der Waals surface area contributed by atoms with Gasteiger partial charge in [0.1, 0.15) is 0 Å². The second-order valence-electron chi connectivity index (χ2n) is 5.81. The Morgan fingerprint density at radius 2 is 1.88 bits per heavy atom. The predicted molar refractivity (Wildman–Crippen MR) is 70.6 cm³/mol. The minimum atomic E-state index is 1.05. The Morgan fingerprint density at radius 1 is 1.19 bits per heavy atom. The van der Waals surface area contributed by atoms with Crippen molar-refractivity contribution in [2.75, 3.05) is 19.6 Å². The van der Waals surface area contributed by atoms with Gasteiger partial charge in [0.05, 0.1) is 0 Å². The number of rotatable bonds is 6. The molecule has 0 aromatic carbocycles. The van der Waals surface area contributed by atoms with Gasteiger partial charge in [0, 0.05) is 19.6 Å². The van der Waals surface area contributed by atoms with Crippen LogP contribution < -0.4 is 0 Å². The van der Waals surface area contributed by atoms with Crippen LogP contribution in [0.15, 0.2) is 12.2 Å². The summed E-state index contributed by atoms with van der Waals surface area (Å²) in [5.74, 6) is 2.09. The normalized spacial score (nSPS) is 29.6. The molecule has 0 spiro atoms. The highest BCUT2D eigenvalue weighted by atomic mass is 15.2. The fraction of sp³-hybridized carbons (Fsp3) is 0.867. The summed E-state index contributed by atoms with van der Waals surface area (Å²) in [5, 5.41) is 0. The molecule has 0 N–H and O–H groups in total. The number of likely N-dealkylation sites (tertiary alicyclic amines) is 1. The van der Waals surface area contributed by atoms with Crippen molar-refractivity contribution < 1.29 is 0 Å². The van der Waals surface area contributed by atoms with Gasteiger partial charge in [-0.05, 0) is 43.9 Å². The van der Waals surface area contributed by atoms with Crippen LogP contribution in [0, 0.1) is 11.8 Å². The molecule has 0 amide bonds. The van der Waals surface area contributed by atoms with E-state index in [0.29, 0.717) is 0 Å². The molecule has 16 heavy (non-hydrogen) atoms. The molecule has 2 fully saturated rings. The summed E-state index contributed by atoms with van der Waals surface area (Å²) in [7, 11) is 0. The van der Waals surface area contributed by atoms with Gasteiger partial charge in [-0.1, -0.05) is 31.9 Å². The average molecular weight is 221 g/mol. The van der Waals surface area contributed by atoms with E-state index in [9.17, 15) is 0 Å². The van der Waals surface area contributed by atoms with Crippen molar-refractivity contribution in [3.8, 4) is 0 Å². The molecule has 0 bridgehead atoms. The molecule has 1 heteroatoms. The van der Waals surface area contributed by atoms with Crippen molar-refractivity contribution in [2.24, 2.45) is 11.8 Å². The summed E-state index contributed by atoms with van der Waals surface area (Å²) < 4.78 is 0. The van der Waals surface area contributed by atoms with E-state index in [1.807, 2.05) is 0 Å². The van der Waals surface area contributed by atoms with Gasteiger partial charge >= 0.3 is 0 Å². The number of hydrogen-bond donors (Lipinski definition) is 0. The Labute approximate surface area is 101 Å². The van der Waals surface area contributed by atoms with Crippen LogP contribution in [0.1, 0.15) is 51.9 Å². The third-order valence-corrected chi connectivity index (χ3v) is 4.47. The SMILES string of the molecule is C=C(CCCC)CCN1CC2CCCC2C1. The van der Waals surface area contributed by atoms with Crippen molar-refractivity contribution >= 4 is 0 Å². The van der Waals surface area contributed by atoms with Crippen LogP contribution in [-0.4, -0.2) is 24.5 Å². The molecule has 1 saturated carbocycles. The standard InChI is InChI=1S/C15H27N/c1-3-4-6-13(2)9-10-16-11-14-7-5-8-15(14)12-16/h14-15H,2-12H2,1H3. The highest BCUT2D eigenvalue weighted by Gasteiger charge is 2.35. The number of hydrogen-bond acceptors (Lipinski definition) is 1. The molecule has 1 heterocycles. The van der Waals surface area contributed by atoms with Gasteiger partial charge in [0.15, 0.2) is 0 Å². The zero-order chi connectivity index (χ0) is 11.4. The summed E-state index contributed by atoms with van der Waals surface area (Å²) in [4.78, 5) is 2.69. The summed E-state index contributed by atoms with van der Waals surface area (Å²) in [6.07, 6.45) is 9.59. The summed E-state index contributed by atoms with van der Waals surface area (Å²) in [6, 6.07) is 0. The molecule has 0 radical (unpaired) electrons. The molecule has 2 rings (SSSR count). The van der Waals surface area contributed by atoms with Gasteiger partial charge in [-0.2, -0.15) is 0 Å². The Hall–Kier alpha value is -0.300. The van der Waals surface area contributed by atoms with Crippen molar-refractivity contribution in [3.63, 3.8) is 0 Å². The first-order valence-corrected chi connectivity index (χ1v) is 7.18. The quantitative estimate of drug-likeness (QED) is 0.616. The van der Waals surface area contributed by atoms with Crippen LogP contribution in [0.2, 0.25) is 0 Å². The molecule has 2 atom stereocenters. The van der Waals surface area contributed by atoms with E-state index in [4.69, 9.17) is 0 Å². The molecular formula is C15H27N. The lowest BCUT2D eigenvalue weighted by atomic mass is 10.0. The molecule has 1 aliphatic heterocycles. The smallest absolute Gasteiger partial charge is 0.00187 e. The molecule has 0 aromatic rings. The molecule has 2 aliphatic rings. The third kappa shape index (κ3) is 3.10. The highest BCUT2D eigenvalue weighted by Crippen LogP contribution is 2.37. The number of fused-ring (bicyclic) bond motifs is 1. The minimum absolute atomic E-state index is 1.05. The molecule has 1 saturated heterocycles. The van der Waals surface area contributed by atoms with Crippen LogP contribution in [0.25, 0.3) is 0 Å². The second kappa shape index (κ2) is 5.86. The fourth-order valence-corrected chi connectivity index (χ4v) is 3.38. The maximum Gasteiger partial charge on any atom is 0.00187 e. The lowest BCUT2D eigenvalue weighted by Gasteiger charge is -2.17. The first-order valence-electron chi connectivity index (χ1n) is 7.18. The zero-order valence-corrected chi connectivity index (χ0v) is 10.9. The fourth-order valence-electron chi connectivity index (χ4n) is 3.38. The van der Waals surface area contributed by atoms with E-state index in [-0.39, 0.29) is 0 Å². The van der Waals surface area contributed by atoms with Crippen molar-refractivity contribution in [1.29, 1.82) is 0 Å². The van der Waals surface area contributed by atoms with Crippen LogP contribution in [0.3, 0.4) is 0 Å². The molecule has 2 unspecified atom stereocenters. The third-order valence-electron chi connectivity index (χ3n) is 4.47. The van der Waals surface area contributed by atoms with Crippen LogP contribution in [-0.2, 0) is 0 Å². The Morgan fingerprint density at radius 3 is 2.50 bits per heavy atom. The maximum absolute atomic E-state index is 4.20. The van der Waals surface area contributed by atoms with Crippen molar-refractivity contribution in [2.45, 2.75) is 51.9 Å². The van der Waals surface area contributed by atoms with E-state index >= 15 is 0 Å². The monoisotopic (exact) mass is 221 g/mol. The second-order valence-corrected chi connectivity index (χ2v) is 5.81. The molecule has 92 valence electrons. The Kier molecular flexibility index (Phi) is 4.45. The van der Waals surface area contributed by atoms with Gasteiger partial charge in [-0.25, -0.2) is 0 Å². The predicted octanol–water partition coefficient (Wildman–Crippen LogP) is 3.85. The molecular weight excluding hydrogens is 194 g/mol. The maximum atomic E-state index is 4.20. The first-order chi connectivity index (χ1) is 7.79. The van der Waals surface area contributed by atoms with Gasteiger partial charge in [0.25, 0.3) is 0 Å². The van der Waals surface area contributed by atoms with Gasteiger partial charge < -0.3 is 4.90 Å². The highest BCUT2D eigenvalue weighted by molar-refractivity contribution is 4.96. The van der Waals surface area contributed by atoms with E-state index < -0.39 is 0 Å². The largest absolute Gasteiger partial charge is 0.302 e. The van der Waals surface area contributed by atoms with Crippen molar-refractivity contribution in [1.82, 2.24) is 4.90 Å². The van der Waals surface area contributed by atoms with Gasteiger partial charge in [-0.3, -0.25) is 0 Å². The molecule has 1 nitrogen and oxygen atoms in total. The topological polar surface area (TPSA) is 3.24 Å². The number of nitrogens with zero attached hydrogens (tertiary/aromatic N) is 1. The van der Waals surface area contributed by atoms with Crippen LogP contribution >= 0.6 is 0 Å². The lowest BCUT2D eigenvalue weighted by Crippen LogP contribution is -2.23. The van der Waals surface area contributed by atoms with E-state index in [2.05, 4.69) is 18.4 Å². The molecule has 0 aromatic heterocycles. The van der Waals surface area contributed by atoms with Gasteiger partial charge in [-0.15, -0.1) is 0 Å². The van der Waals surface area contributed by atoms with E-state index in [1.165, 1.54) is 70.2 Å². The van der Waals surface area contributed by atoms with E-state index in [0.717, 1.165) is 11.8 Å². The Bertz CT molecular complexity index is 222. The Balaban J connectivity index is 1.62. The van der Waals surface area contributed by atoms with Gasteiger partial charge in [0.2, 0.25) is 0 Å².